The average molecular weight is 246 g/mol. The molecule has 0 atom stereocenters. The second-order valence-corrected chi connectivity index (χ2v) is 3.36. The van der Waals surface area contributed by atoms with Crippen LogP contribution < -0.4 is 0 Å². The highest BCUT2D eigenvalue weighted by Crippen LogP contribution is 2.34. The summed E-state index contributed by atoms with van der Waals surface area (Å²) < 4.78 is 0. The lowest BCUT2D eigenvalue weighted by atomic mass is 9.99. The molecule has 0 aliphatic heterocycles. The molecular weight excluding hydrogens is 240 g/mol. The molecule has 90 valence electrons. The van der Waals surface area contributed by atoms with Gasteiger partial charge in [0.2, 0.25) is 0 Å². The number of hydrogen-bond donors (Lipinski definition) is 0. The molecule has 0 fully saturated rings. The lowest BCUT2D eigenvalue weighted by Crippen LogP contribution is -2.04. The molecule has 0 spiro atoms. The van der Waals surface area contributed by atoms with Gasteiger partial charge >= 0.3 is 0 Å². The van der Waals surface area contributed by atoms with E-state index in [2.05, 4.69) is 0 Å². The van der Waals surface area contributed by atoms with Crippen molar-refractivity contribution in [2.45, 2.75) is 13.3 Å². The summed E-state index contributed by atoms with van der Waals surface area (Å²) in [5.74, 6) is 0. The lowest BCUT2D eigenvalue weighted by Gasteiger charge is -2.05. The highest BCUT2D eigenvalue weighted by atomic mass is 16.6. The molecule has 0 saturated carbocycles. The van der Waals surface area contributed by atoms with Crippen molar-refractivity contribution in [2.75, 3.05) is 0 Å². The van der Waals surface area contributed by atoms with Gasteiger partial charge in [0, 0.05) is 11.6 Å². The van der Waals surface area contributed by atoms with Crippen LogP contribution in [0.2, 0.25) is 0 Å². The van der Waals surface area contributed by atoms with Crippen LogP contribution in [0.4, 0.5) is 11.4 Å². The number of nitro benzene ring substituents is 2. The van der Waals surface area contributed by atoms with Gasteiger partial charge in [-0.1, -0.05) is 0 Å². The van der Waals surface area contributed by atoms with E-state index < -0.39 is 27.6 Å². The first-order valence-corrected chi connectivity index (χ1v) is 4.66. The third-order valence-electron chi connectivity index (χ3n) is 2.39. The topological polar surface area (TPSA) is 134 Å². The second-order valence-electron chi connectivity index (χ2n) is 3.36. The van der Waals surface area contributed by atoms with Crippen LogP contribution in [0, 0.1) is 49.8 Å². The quantitative estimate of drug-likeness (QED) is 0.588. The zero-order chi connectivity index (χ0) is 13.9. The molecule has 0 saturated heterocycles. The molecule has 0 aliphatic carbocycles. The fourth-order valence-corrected chi connectivity index (χ4v) is 1.59. The third kappa shape index (κ3) is 2.08. The van der Waals surface area contributed by atoms with Crippen LogP contribution in [0.3, 0.4) is 0 Å². The van der Waals surface area contributed by atoms with Crippen molar-refractivity contribution in [3.8, 4) is 12.1 Å². The Morgan fingerprint density at radius 3 is 2.28 bits per heavy atom. The number of hydrogen-bond acceptors (Lipinski definition) is 6. The predicted molar refractivity (Wildman–Crippen MR) is 58.5 cm³/mol. The van der Waals surface area contributed by atoms with Crippen molar-refractivity contribution in [2.24, 2.45) is 0 Å². The Bertz CT molecular complexity index is 624. The zero-order valence-corrected chi connectivity index (χ0v) is 9.21. The van der Waals surface area contributed by atoms with Gasteiger partial charge in [0.05, 0.1) is 34.0 Å². The normalized spacial score (nSPS) is 9.28. The largest absolute Gasteiger partial charge is 0.284 e. The first-order chi connectivity index (χ1) is 8.43. The molecule has 1 aromatic carbocycles. The van der Waals surface area contributed by atoms with E-state index in [0.717, 1.165) is 6.07 Å². The molecule has 0 heterocycles. The monoisotopic (exact) mass is 246 g/mol. The third-order valence-corrected chi connectivity index (χ3v) is 2.39. The van der Waals surface area contributed by atoms with Gasteiger partial charge in [-0.25, -0.2) is 0 Å². The molecule has 8 heteroatoms. The number of nitro groups is 2. The highest BCUT2D eigenvalue weighted by molar-refractivity contribution is 5.64. The number of nitrogens with zero attached hydrogens (tertiary/aromatic N) is 4. The van der Waals surface area contributed by atoms with Crippen molar-refractivity contribution in [1.29, 1.82) is 10.5 Å². The second kappa shape index (κ2) is 4.89. The summed E-state index contributed by atoms with van der Waals surface area (Å²) in [6.07, 6.45) is -0.459. The van der Waals surface area contributed by atoms with Crippen molar-refractivity contribution in [3.63, 3.8) is 0 Å². The highest BCUT2D eigenvalue weighted by Gasteiger charge is 2.29. The first-order valence-electron chi connectivity index (χ1n) is 4.66. The van der Waals surface area contributed by atoms with E-state index in [4.69, 9.17) is 10.5 Å². The Morgan fingerprint density at radius 2 is 1.89 bits per heavy atom. The smallest absolute Gasteiger partial charge is 0.258 e. The Morgan fingerprint density at radius 1 is 1.28 bits per heavy atom. The molecule has 0 bridgehead atoms. The summed E-state index contributed by atoms with van der Waals surface area (Å²) in [6, 6.07) is 4.26. The average Bonchev–Trinajstić information content (AvgIpc) is 2.28. The maximum atomic E-state index is 10.9. The van der Waals surface area contributed by atoms with Crippen LogP contribution in [0.25, 0.3) is 0 Å². The molecule has 0 N–H and O–H groups in total. The number of nitriles is 2. The summed E-state index contributed by atoms with van der Waals surface area (Å²) in [5.41, 5.74) is -1.51. The SMILES string of the molecule is Cc1c(C#N)cc([N+](=O)[O-])c(CC#N)c1[N+](=O)[O-]. The van der Waals surface area contributed by atoms with Gasteiger partial charge in [0.25, 0.3) is 11.4 Å². The fourth-order valence-electron chi connectivity index (χ4n) is 1.59. The van der Waals surface area contributed by atoms with Crippen LogP contribution in [-0.4, -0.2) is 9.85 Å². The zero-order valence-electron chi connectivity index (χ0n) is 9.21. The van der Waals surface area contributed by atoms with Crippen molar-refractivity contribution in [1.82, 2.24) is 0 Å². The van der Waals surface area contributed by atoms with Gasteiger partial charge < -0.3 is 0 Å². The molecule has 0 amide bonds. The van der Waals surface area contributed by atoms with Gasteiger partial charge in [0.1, 0.15) is 5.56 Å². The molecular formula is C10H6N4O4. The van der Waals surface area contributed by atoms with Crippen LogP contribution in [-0.2, 0) is 6.42 Å². The van der Waals surface area contributed by atoms with Gasteiger partial charge in [-0.05, 0) is 6.92 Å². The van der Waals surface area contributed by atoms with Crippen LogP contribution in [0.1, 0.15) is 16.7 Å². The van der Waals surface area contributed by atoms with E-state index >= 15 is 0 Å². The molecule has 0 unspecified atom stereocenters. The minimum atomic E-state index is -0.833. The standard InChI is InChI=1S/C10H6N4O4/c1-6-7(5-12)4-9(13(15)16)8(2-3-11)10(6)14(17)18/h4H,2H2,1H3. The van der Waals surface area contributed by atoms with Gasteiger partial charge in [-0.2, -0.15) is 10.5 Å². The van der Waals surface area contributed by atoms with E-state index in [0.29, 0.717) is 0 Å². The van der Waals surface area contributed by atoms with Crippen LogP contribution >= 0.6 is 0 Å². The molecule has 0 radical (unpaired) electrons. The Balaban J connectivity index is 3.80. The number of benzene rings is 1. The predicted octanol–water partition coefficient (Wildman–Crippen LogP) is 1.75. The van der Waals surface area contributed by atoms with E-state index in [1.807, 2.05) is 0 Å². The van der Waals surface area contributed by atoms with Crippen molar-refractivity contribution < 1.29 is 9.85 Å². The molecule has 8 nitrogen and oxygen atoms in total. The van der Waals surface area contributed by atoms with E-state index in [1.165, 1.54) is 6.92 Å². The van der Waals surface area contributed by atoms with Crippen LogP contribution in [0.5, 0.6) is 0 Å². The molecule has 18 heavy (non-hydrogen) atoms. The Labute approximate surface area is 101 Å². The summed E-state index contributed by atoms with van der Waals surface area (Å²) in [5, 5.41) is 39.1. The van der Waals surface area contributed by atoms with Crippen molar-refractivity contribution in [3.05, 3.63) is 43.0 Å². The summed E-state index contributed by atoms with van der Waals surface area (Å²) in [7, 11) is 0. The molecule has 1 aromatic rings. The number of rotatable bonds is 3. The van der Waals surface area contributed by atoms with E-state index in [-0.39, 0.29) is 16.7 Å². The van der Waals surface area contributed by atoms with Gasteiger partial charge in [0.15, 0.2) is 0 Å². The van der Waals surface area contributed by atoms with Gasteiger partial charge in [-0.15, -0.1) is 0 Å². The molecule has 0 aromatic heterocycles. The maximum Gasteiger partial charge on any atom is 0.284 e. The van der Waals surface area contributed by atoms with Crippen LogP contribution in [0.15, 0.2) is 6.07 Å². The summed E-state index contributed by atoms with van der Waals surface area (Å²) in [6.45, 7) is 1.32. The summed E-state index contributed by atoms with van der Waals surface area (Å²) in [4.78, 5) is 20.1. The van der Waals surface area contributed by atoms with Gasteiger partial charge in [-0.3, -0.25) is 20.2 Å². The minimum Gasteiger partial charge on any atom is -0.258 e. The molecule has 1 rings (SSSR count). The Hall–Kier alpha value is -3.00. The maximum absolute atomic E-state index is 10.9. The first kappa shape index (κ1) is 13.1. The molecule has 0 aliphatic rings. The Kier molecular flexibility index (Phi) is 3.55. The lowest BCUT2D eigenvalue weighted by molar-refractivity contribution is -0.395. The van der Waals surface area contributed by atoms with E-state index in [1.54, 1.807) is 12.1 Å². The fraction of sp³-hybridized carbons (Fsp3) is 0.200. The summed E-state index contributed by atoms with van der Waals surface area (Å²) >= 11 is 0. The van der Waals surface area contributed by atoms with Crippen molar-refractivity contribution >= 4 is 11.4 Å². The van der Waals surface area contributed by atoms with E-state index in [9.17, 15) is 20.2 Å². The minimum absolute atomic E-state index is 0.0263.